The third-order valence-corrected chi connectivity index (χ3v) is 6.74. The molecule has 8 heteroatoms. The largest absolute Gasteiger partial charge is 0.481 e. The van der Waals surface area contributed by atoms with Gasteiger partial charge >= 0.3 is 12.1 Å². The molecule has 4 rings (SSSR count). The number of carboxylic acid groups (broad SMARTS) is 1. The van der Waals surface area contributed by atoms with Crippen molar-refractivity contribution in [3.8, 4) is 11.1 Å². The standard InChI is InChI=1S/C27H32N2O6/c1-17(12-25(30)29-14-19-13-18(15-34-19)26(31)32)10-11-28-27(33)35-16-24-22-8-4-2-6-20(22)21-7-3-5-9-23(21)24/h2-9,17-19,24H,10-16H2,1H3,(H,28,33)(H,29,30)(H,31,32)/t17?,18-,19-/m0/s1. The van der Waals surface area contributed by atoms with E-state index in [-0.39, 0.29) is 37.1 Å². The molecule has 0 bridgehead atoms. The van der Waals surface area contributed by atoms with Crippen molar-refractivity contribution in [1.82, 2.24) is 10.6 Å². The highest BCUT2D eigenvalue weighted by Crippen LogP contribution is 2.44. The normalized spacial score (nSPS) is 19.5. The van der Waals surface area contributed by atoms with Gasteiger partial charge in [0.2, 0.25) is 5.91 Å². The van der Waals surface area contributed by atoms with Crippen molar-refractivity contribution in [3.05, 3.63) is 59.7 Å². The summed E-state index contributed by atoms with van der Waals surface area (Å²) < 4.78 is 11.0. The van der Waals surface area contributed by atoms with E-state index < -0.39 is 18.0 Å². The van der Waals surface area contributed by atoms with Crippen LogP contribution in [0.3, 0.4) is 0 Å². The van der Waals surface area contributed by atoms with E-state index in [1.165, 1.54) is 22.3 Å². The molecule has 186 valence electrons. The average Bonchev–Trinajstić information content (AvgIpc) is 3.45. The molecule has 0 radical (unpaired) electrons. The van der Waals surface area contributed by atoms with E-state index in [2.05, 4.69) is 34.9 Å². The first-order valence-corrected chi connectivity index (χ1v) is 12.1. The van der Waals surface area contributed by atoms with Crippen LogP contribution in [-0.2, 0) is 19.1 Å². The maximum Gasteiger partial charge on any atom is 0.407 e. The molecule has 1 saturated heterocycles. The monoisotopic (exact) mass is 480 g/mol. The second-order valence-corrected chi connectivity index (χ2v) is 9.38. The summed E-state index contributed by atoms with van der Waals surface area (Å²) in [5.41, 5.74) is 4.71. The van der Waals surface area contributed by atoms with Gasteiger partial charge in [0.25, 0.3) is 0 Å². The van der Waals surface area contributed by atoms with Gasteiger partial charge in [0.1, 0.15) is 6.61 Å². The van der Waals surface area contributed by atoms with Crippen molar-refractivity contribution in [2.45, 2.75) is 38.2 Å². The minimum Gasteiger partial charge on any atom is -0.481 e. The Balaban J connectivity index is 1.14. The number of alkyl carbamates (subject to hydrolysis) is 1. The van der Waals surface area contributed by atoms with Crippen LogP contribution in [-0.4, -0.2) is 55.5 Å². The van der Waals surface area contributed by atoms with E-state index in [4.69, 9.17) is 14.6 Å². The highest BCUT2D eigenvalue weighted by Gasteiger charge is 2.31. The lowest BCUT2D eigenvalue weighted by molar-refractivity contribution is -0.141. The zero-order valence-electron chi connectivity index (χ0n) is 19.9. The molecule has 2 aromatic rings. The van der Waals surface area contributed by atoms with Crippen LogP contribution in [0.2, 0.25) is 0 Å². The first-order chi connectivity index (χ1) is 16.9. The molecular weight excluding hydrogens is 448 g/mol. The lowest BCUT2D eigenvalue weighted by atomic mass is 9.98. The minimum absolute atomic E-state index is 0.0189. The zero-order valence-corrected chi connectivity index (χ0v) is 19.9. The lowest BCUT2D eigenvalue weighted by Crippen LogP contribution is -2.33. The van der Waals surface area contributed by atoms with Gasteiger partial charge < -0.3 is 25.2 Å². The Morgan fingerprint density at radius 2 is 1.71 bits per heavy atom. The molecule has 1 aliphatic heterocycles. The van der Waals surface area contributed by atoms with Gasteiger partial charge in [-0.05, 0) is 41.0 Å². The van der Waals surface area contributed by atoms with E-state index in [0.29, 0.717) is 32.4 Å². The Hall–Kier alpha value is -3.39. The van der Waals surface area contributed by atoms with Gasteiger partial charge in [-0.2, -0.15) is 0 Å². The molecule has 1 unspecified atom stereocenters. The van der Waals surface area contributed by atoms with Crippen LogP contribution in [0.1, 0.15) is 43.2 Å². The maximum atomic E-state index is 12.3. The number of hydrogen-bond acceptors (Lipinski definition) is 5. The number of ether oxygens (including phenoxy) is 2. The summed E-state index contributed by atoms with van der Waals surface area (Å²) in [5, 5.41) is 14.6. The van der Waals surface area contributed by atoms with E-state index in [9.17, 15) is 14.4 Å². The average molecular weight is 481 g/mol. The van der Waals surface area contributed by atoms with Crippen molar-refractivity contribution in [2.75, 3.05) is 26.3 Å². The predicted molar refractivity (Wildman–Crippen MR) is 130 cm³/mol. The highest BCUT2D eigenvalue weighted by molar-refractivity contribution is 5.79. The molecule has 3 N–H and O–H groups in total. The summed E-state index contributed by atoms with van der Waals surface area (Å²) >= 11 is 0. The molecule has 1 heterocycles. The summed E-state index contributed by atoms with van der Waals surface area (Å²) in [6, 6.07) is 16.4. The third kappa shape index (κ3) is 6.19. The Morgan fingerprint density at radius 3 is 2.34 bits per heavy atom. The van der Waals surface area contributed by atoms with Crippen LogP contribution in [0.5, 0.6) is 0 Å². The van der Waals surface area contributed by atoms with Crippen molar-refractivity contribution in [2.24, 2.45) is 11.8 Å². The van der Waals surface area contributed by atoms with Gasteiger partial charge in [0, 0.05) is 25.4 Å². The van der Waals surface area contributed by atoms with Crippen molar-refractivity contribution >= 4 is 18.0 Å². The number of rotatable bonds is 10. The number of nitrogens with one attached hydrogen (secondary N) is 2. The maximum absolute atomic E-state index is 12.3. The predicted octanol–water partition coefficient (Wildman–Crippen LogP) is 3.55. The molecule has 0 saturated carbocycles. The van der Waals surface area contributed by atoms with Gasteiger partial charge in [-0.1, -0.05) is 55.5 Å². The molecule has 35 heavy (non-hydrogen) atoms. The summed E-state index contributed by atoms with van der Waals surface area (Å²) in [6.45, 7) is 3.13. The van der Waals surface area contributed by atoms with E-state index >= 15 is 0 Å². The van der Waals surface area contributed by atoms with Crippen molar-refractivity contribution in [3.63, 3.8) is 0 Å². The smallest absolute Gasteiger partial charge is 0.407 e. The van der Waals surface area contributed by atoms with Crippen molar-refractivity contribution in [1.29, 1.82) is 0 Å². The molecule has 8 nitrogen and oxygen atoms in total. The quantitative estimate of drug-likeness (QED) is 0.479. The minimum atomic E-state index is -0.864. The van der Waals surface area contributed by atoms with E-state index in [0.717, 1.165) is 0 Å². The topological polar surface area (TPSA) is 114 Å². The SMILES string of the molecule is CC(CCNC(=O)OCC1c2ccccc2-c2ccccc21)CC(=O)NC[C@@H]1C[C@H](C(=O)O)CO1. The van der Waals surface area contributed by atoms with Gasteiger partial charge in [0.15, 0.2) is 0 Å². The number of hydrogen-bond donors (Lipinski definition) is 3. The molecule has 2 aromatic carbocycles. The third-order valence-electron chi connectivity index (χ3n) is 6.74. The fourth-order valence-corrected chi connectivity index (χ4v) is 4.81. The molecule has 3 atom stereocenters. The zero-order chi connectivity index (χ0) is 24.8. The number of carboxylic acids is 1. The van der Waals surface area contributed by atoms with Crippen LogP contribution >= 0.6 is 0 Å². The van der Waals surface area contributed by atoms with Crippen LogP contribution < -0.4 is 10.6 Å². The second-order valence-electron chi connectivity index (χ2n) is 9.38. The fourth-order valence-electron chi connectivity index (χ4n) is 4.81. The van der Waals surface area contributed by atoms with Crippen molar-refractivity contribution < 1.29 is 29.0 Å². The molecule has 2 amide bonds. The van der Waals surface area contributed by atoms with Crippen LogP contribution in [0.4, 0.5) is 4.79 Å². The molecular formula is C27H32N2O6. The van der Waals surface area contributed by atoms with Crippen LogP contribution in [0.25, 0.3) is 11.1 Å². The van der Waals surface area contributed by atoms with Gasteiger partial charge in [-0.25, -0.2) is 4.79 Å². The fraction of sp³-hybridized carbons (Fsp3) is 0.444. The first kappa shape index (κ1) is 24.7. The molecule has 0 spiro atoms. The number of fused-ring (bicyclic) bond motifs is 3. The number of aliphatic carboxylic acids is 1. The van der Waals surface area contributed by atoms with E-state index in [1.807, 2.05) is 31.2 Å². The number of amides is 2. The Bertz CT molecular complexity index is 1030. The number of carbonyl (C=O) groups is 3. The Kier molecular flexibility index (Phi) is 8.02. The molecule has 0 aromatic heterocycles. The van der Waals surface area contributed by atoms with Gasteiger partial charge in [-0.15, -0.1) is 0 Å². The lowest BCUT2D eigenvalue weighted by Gasteiger charge is -2.16. The molecule has 1 fully saturated rings. The van der Waals surface area contributed by atoms with Crippen LogP contribution in [0, 0.1) is 11.8 Å². The first-order valence-electron chi connectivity index (χ1n) is 12.1. The van der Waals surface area contributed by atoms with Gasteiger partial charge in [-0.3, -0.25) is 9.59 Å². The summed E-state index contributed by atoms with van der Waals surface area (Å²) in [6.07, 6.45) is 0.649. The summed E-state index contributed by atoms with van der Waals surface area (Å²) in [4.78, 5) is 35.4. The Labute approximate surface area is 205 Å². The van der Waals surface area contributed by atoms with E-state index in [1.54, 1.807) is 0 Å². The summed E-state index contributed by atoms with van der Waals surface area (Å²) in [7, 11) is 0. The van der Waals surface area contributed by atoms with Crippen LogP contribution in [0.15, 0.2) is 48.5 Å². The second kappa shape index (κ2) is 11.4. The Morgan fingerprint density at radius 1 is 1.06 bits per heavy atom. The molecule has 1 aliphatic carbocycles. The van der Waals surface area contributed by atoms with Gasteiger partial charge in [0.05, 0.1) is 18.6 Å². The highest BCUT2D eigenvalue weighted by atomic mass is 16.5. The molecule has 2 aliphatic rings. The summed E-state index contributed by atoms with van der Waals surface area (Å²) in [5.74, 6) is -1.39. The number of carbonyl (C=O) groups excluding carboxylic acids is 2. The number of benzene rings is 2.